The van der Waals surface area contributed by atoms with E-state index in [4.69, 9.17) is 0 Å². The molecule has 0 heterocycles. The van der Waals surface area contributed by atoms with Gasteiger partial charge in [-0.2, -0.15) is 8.42 Å². The Balaban J connectivity index is 3.87. The van der Waals surface area contributed by atoms with Gasteiger partial charge >= 0.3 is 0 Å². The van der Waals surface area contributed by atoms with Crippen molar-refractivity contribution in [2.75, 3.05) is 5.75 Å². The van der Waals surface area contributed by atoms with Gasteiger partial charge in [-0.25, -0.2) is 0 Å². The molecular formula is C40H79NO5S. The zero-order valence-corrected chi connectivity index (χ0v) is 32.0. The van der Waals surface area contributed by atoms with Crippen LogP contribution in [0.15, 0.2) is 12.2 Å². The van der Waals surface area contributed by atoms with Crippen molar-refractivity contribution in [2.45, 2.75) is 231 Å². The first kappa shape index (κ1) is 46.1. The number of carbonyl (C=O) groups excluding carboxylic acids is 1. The van der Waals surface area contributed by atoms with Gasteiger partial charge in [0.1, 0.15) is 0 Å². The number of nitrogens with one attached hydrogen (secondary N) is 1. The Morgan fingerprint density at radius 1 is 0.553 bits per heavy atom. The van der Waals surface area contributed by atoms with E-state index in [9.17, 15) is 22.9 Å². The number of amides is 1. The van der Waals surface area contributed by atoms with Crippen LogP contribution in [0.3, 0.4) is 0 Å². The Kier molecular flexibility index (Phi) is 34.2. The van der Waals surface area contributed by atoms with Gasteiger partial charge in [0.05, 0.1) is 17.9 Å². The number of hydrogen-bond acceptors (Lipinski definition) is 4. The van der Waals surface area contributed by atoms with Gasteiger partial charge in [0.25, 0.3) is 10.1 Å². The fourth-order valence-corrected chi connectivity index (χ4v) is 7.15. The molecule has 0 spiro atoms. The summed E-state index contributed by atoms with van der Waals surface area (Å²) in [4.78, 5) is 12.5. The number of rotatable bonds is 37. The van der Waals surface area contributed by atoms with Crippen LogP contribution in [0.1, 0.15) is 219 Å². The lowest BCUT2D eigenvalue weighted by atomic mass is 10.0. The van der Waals surface area contributed by atoms with Crippen LogP contribution in [0, 0.1) is 0 Å². The number of aliphatic hydroxyl groups is 1. The molecule has 0 aliphatic heterocycles. The summed E-state index contributed by atoms with van der Waals surface area (Å²) < 4.78 is 32.5. The lowest BCUT2D eigenvalue weighted by Crippen LogP contribution is -2.47. The van der Waals surface area contributed by atoms with Gasteiger partial charge in [-0.3, -0.25) is 9.35 Å². The smallest absolute Gasteiger partial charge is 0.266 e. The van der Waals surface area contributed by atoms with Gasteiger partial charge in [0, 0.05) is 6.42 Å². The molecule has 0 aromatic heterocycles. The van der Waals surface area contributed by atoms with Gasteiger partial charge in [0.15, 0.2) is 0 Å². The zero-order valence-electron chi connectivity index (χ0n) is 31.2. The zero-order chi connectivity index (χ0) is 34.7. The van der Waals surface area contributed by atoms with E-state index in [2.05, 4.69) is 31.3 Å². The highest BCUT2D eigenvalue weighted by Crippen LogP contribution is 2.16. The molecule has 0 aromatic carbocycles. The van der Waals surface area contributed by atoms with Gasteiger partial charge < -0.3 is 10.4 Å². The van der Waals surface area contributed by atoms with Crippen LogP contribution in [0.2, 0.25) is 0 Å². The Bertz CT molecular complexity index is 800. The first-order chi connectivity index (χ1) is 22.8. The Morgan fingerprint density at radius 2 is 0.894 bits per heavy atom. The Morgan fingerprint density at radius 3 is 1.28 bits per heavy atom. The van der Waals surface area contributed by atoms with E-state index < -0.39 is 28.0 Å². The van der Waals surface area contributed by atoms with E-state index >= 15 is 0 Å². The number of aliphatic hydroxyl groups excluding tert-OH is 1. The molecule has 0 aliphatic carbocycles. The predicted molar refractivity (Wildman–Crippen MR) is 203 cm³/mol. The van der Waals surface area contributed by atoms with E-state index in [0.717, 1.165) is 51.4 Å². The van der Waals surface area contributed by atoms with Gasteiger partial charge in [-0.15, -0.1) is 0 Å². The van der Waals surface area contributed by atoms with Crippen molar-refractivity contribution in [3.8, 4) is 0 Å². The van der Waals surface area contributed by atoms with Crippen LogP contribution in [0.25, 0.3) is 0 Å². The third-order valence-corrected chi connectivity index (χ3v) is 10.3. The first-order valence-electron chi connectivity index (χ1n) is 20.4. The summed E-state index contributed by atoms with van der Waals surface area (Å²) in [5.74, 6) is -0.899. The average Bonchev–Trinajstić information content (AvgIpc) is 3.03. The van der Waals surface area contributed by atoms with Crippen LogP contribution in [-0.2, 0) is 14.9 Å². The van der Waals surface area contributed by atoms with Crippen LogP contribution < -0.4 is 5.32 Å². The fourth-order valence-electron chi connectivity index (χ4n) is 6.39. The first-order valence-corrected chi connectivity index (χ1v) is 22.0. The molecule has 6 nitrogen and oxygen atoms in total. The normalized spacial score (nSPS) is 13.4. The molecule has 280 valence electrons. The van der Waals surface area contributed by atoms with E-state index in [0.29, 0.717) is 12.8 Å². The summed E-state index contributed by atoms with van der Waals surface area (Å²) in [6.07, 6.45) is 41.5. The van der Waals surface area contributed by atoms with Crippen LogP contribution >= 0.6 is 0 Å². The molecule has 1 amide bonds. The SMILES string of the molecule is CCCCCCCCC/C=C\CCCCCCCC(=O)NC(CS(=O)(=O)O)C(O)CCCCCCCCCCCCCCCCCC. The number of carbonyl (C=O) groups is 1. The lowest BCUT2D eigenvalue weighted by molar-refractivity contribution is -0.122. The third kappa shape index (κ3) is 36.2. The average molecular weight is 686 g/mol. The minimum atomic E-state index is -4.31. The van der Waals surface area contributed by atoms with Crippen molar-refractivity contribution in [2.24, 2.45) is 0 Å². The maximum Gasteiger partial charge on any atom is 0.266 e. The monoisotopic (exact) mass is 686 g/mol. The van der Waals surface area contributed by atoms with Crippen LogP contribution in [-0.4, -0.2) is 41.9 Å². The molecule has 0 bridgehead atoms. The van der Waals surface area contributed by atoms with Crippen LogP contribution in [0.5, 0.6) is 0 Å². The minimum absolute atomic E-state index is 0.252. The topological polar surface area (TPSA) is 104 Å². The second-order valence-corrected chi connectivity index (χ2v) is 15.8. The van der Waals surface area contributed by atoms with Crippen molar-refractivity contribution < 1.29 is 22.9 Å². The second-order valence-electron chi connectivity index (χ2n) is 14.3. The molecule has 3 N–H and O–H groups in total. The maximum atomic E-state index is 12.5. The Labute approximate surface area is 292 Å². The molecular weight excluding hydrogens is 607 g/mol. The standard InChI is InChI=1S/C40H79NO5S/c1-3-5-7-9-11-13-15-17-19-21-23-25-27-29-31-33-35-39(42)38(37-47(44,45)46)41-40(43)36-34-32-30-28-26-24-22-20-18-16-14-12-10-8-6-4-2/h20,22,38-39,42H,3-19,21,23-37H2,1-2H3,(H,41,43)(H,44,45,46)/b22-20-. The highest BCUT2D eigenvalue weighted by molar-refractivity contribution is 7.85. The van der Waals surface area contributed by atoms with E-state index in [1.54, 1.807) is 0 Å². The molecule has 0 saturated heterocycles. The lowest BCUT2D eigenvalue weighted by Gasteiger charge is -2.23. The molecule has 0 radical (unpaired) electrons. The van der Waals surface area contributed by atoms with E-state index in [1.165, 1.54) is 141 Å². The summed E-state index contributed by atoms with van der Waals surface area (Å²) in [5, 5.41) is 13.3. The molecule has 0 fully saturated rings. The Hall–Kier alpha value is -0.920. The number of hydrogen-bond donors (Lipinski definition) is 3. The van der Waals surface area contributed by atoms with Gasteiger partial charge in [0.2, 0.25) is 5.91 Å². The maximum absolute atomic E-state index is 12.5. The summed E-state index contributed by atoms with van der Waals surface area (Å²) >= 11 is 0. The second kappa shape index (κ2) is 34.9. The van der Waals surface area contributed by atoms with Crippen molar-refractivity contribution in [1.29, 1.82) is 0 Å². The highest BCUT2D eigenvalue weighted by atomic mass is 32.2. The third-order valence-electron chi connectivity index (χ3n) is 9.47. The molecule has 0 aromatic rings. The van der Waals surface area contributed by atoms with Crippen molar-refractivity contribution in [1.82, 2.24) is 5.32 Å². The van der Waals surface area contributed by atoms with E-state index in [-0.39, 0.29) is 5.91 Å². The minimum Gasteiger partial charge on any atom is -0.391 e. The van der Waals surface area contributed by atoms with Crippen molar-refractivity contribution in [3.63, 3.8) is 0 Å². The van der Waals surface area contributed by atoms with Gasteiger partial charge in [-0.05, 0) is 38.5 Å². The predicted octanol–water partition coefficient (Wildman–Crippen LogP) is 11.8. The molecule has 7 heteroatoms. The van der Waals surface area contributed by atoms with Crippen molar-refractivity contribution in [3.05, 3.63) is 12.2 Å². The molecule has 0 saturated carbocycles. The summed E-state index contributed by atoms with van der Waals surface area (Å²) in [6, 6.07) is -0.971. The molecule has 0 aliphatic rings. The molecule has 47 heavy (non-hydrogen) atoms. The summed E-state index contributed by atoms with van der Waals surface area (Å²) in [7, 11) is -4.31. The van der Waals surface area contributed by atoms with Crippen LogP contribution in [0.4, 0.5) is 0 Å². The highest BCUT2D eigenvalue weighted by Gasteiger charge is 2.26. The largest absolute Gasteiger partial charge is 0.391 e. The van der Waals surface area contributed by atoms with E-state index in [1.807, 2.05) is 0 Å². The van der Waals surface area contributed by atoms with Gasteiger partial charge in [-0.1, -0.05) is 187 Å². The van der Waals surface area contributed by atoms with Crippen molar-refractivity contribution >= 4 is 16.0 Å². The molecule has 2 atom stereocenters. The summed E-state index contributed by atoms with van der Waals surface area (Å²) in [5.41, 5.74) is 0. The molecule has 2 unspecified atom stereocenters. The number of unbranched alkanes of at least 4 members (excludes halogenated alkanes) is 27. The fraction of sp³-hybridized carbons (Fsp3) is 0.925. The summed E-state index contributed by atoms with van der Waals surface area (Å²) in [6.45, 7) is 4.52. The number of allylic oxidation sites excluding steroid dienone is 2. The molecule has 0 rings (SSSR count). The quantitative estimate of drug-likeness (QED) is 0.0343.